The molecule has 2 aromatic heterocycles. The minimum Gasteiger partial charge on any atom is -0.494 e. The quantitative estimate of drug-likeness (QED) is 0.429. The average molecular weight is 444 g/mol. The first-order chi connectivity index (χ1) is 16.1. The van der Waals surface area contributed by atoms with Crippen LogP contribution in [0.1, 0.15) is 22.8 Å². The fourth-order valence-corrected chi connectivity index (χ4v) is 3.38. The summed E-state index contributed by atoms with van der Waals surface area (Å²) in [6, 6.07) is 16.4. The Morgan fingerprint density at radius 2 is 1.85 bits per heavy atom. The molecule has 0 radical (unpaired) electrons. The van der Waals surface area contributed by atoms with Crippen molar-refractivity contribution in [2.45, 2.75) is 20.0 Å². The van der Waals surface area contributed by atoms with Crippen LogP contribution in [0.25, 0.3) is 11.3 Å². The van der Waals surface area contributed by atoms with Gasteiger partial charge in [0.05, 0.1) is 25.0 Å². The number of hydrogen-bond donors (Lipinski definition) is 1. The van der Waals surface area contributed by atoms with E-state index >= 15 is 0 Å². The number of aromatic nitrogens is 4. The van der Waals surface area contributed by atoms with E-state index in [-0.39, 0.29) is 11.5 Å². The zero-order chi connectivity index (χ0) is 23.0. The van der Waals surface area contributed by atoms with Crippen molar-refractivity contribution in [3.05, 3.63) is 101 Å². The van der Waals surface area contributed by atoms with Crippen molar-refractivity contribution >= 4 is 5.91 Å². The van der Waals surface area contributed by atoms with Crippen LogP contribution in [0.2, 0.25) is 0 Å². The number of carbonyl (C=O) groups is 1. The lowest BCUT2D eigenvalue weighted by atomic mass is 10.1. The van der Waals surface area contributed by atoms with Gasteiger partial charge in [-0.25, -0.2) is 9.97 Å². The molecule has 0 saturated heterocycles. The van der Waals surface area contributed by atoms with Crippen LogP contribution in [0.15, 0.2) is 84.4 Å². The summed E-state index contributed by atoms with van der Waals surface area (Å²) in [7, 11) is 0. The highest BCUT2D eigenvalue weighted by Gasteiger charge is 2.07. The smallest absolute Gasteiger partial charge is 0.253 e. The van der Waals surface area contributed by atoms with E-state index in [9.17, 15) is 9.59 Å². The lowest BCUT2D eigenvalue weighted by Crippen LogP contribution is -2.30. The first-order valence-corrected chi connectivity index (χ1v) is 10.7. The highest BCUT2D eigenvalue weighted by atomic mass is 16.5. The lowest BCUT2D eigenvalue weighted by Gasteiger charge is -2.09. The van der Waals surface area contributed by atoms with E-state index in [1.807, 2.05) is 54.1 Å². The van der Waals surface area contributed by atoms with Crippen LogP contribution in [0.3, 0.4) is 0 Å². The average Bonchev–Trinajstić information content (AvgIpc) is 3.34. The number of carbonyl (C=O) groups excluding carboxylic acids is 1. The Balaban J connectivity index is 1.30. The molecule has 4 rings (SSSR count). The summed E-state index contributed by atoms with van der Waals surface area (Å²) in [6.45, 7) is 3.88. The standard InChI is InChI=1S/C25H25N5O3/c1-2-33-22-9-7-20(8-10-22)23-15-24(31)30(18-28-23)14-12-27-25(32)21-5-3-19(4-6-21)16-29-13-11-26-17-29/h3-11,13,15,17-18H,2,12,14,16H2,1H3,(H,27,32). The van der Waals surface area contributed by atoms with Crippen LogP contribution in [0, 0.1) is 0 Å². The van der Waals surface area contributed by atoms with E-state index < -0.39 is 0 Å². The maximum Gasteiger partial charge on any atom is 0.253 e. The number of amides is 1. The maximum atomic E-state index is 12.5. The largest absolute Gasteiger partial charge is 0.494 e. The van der Waals surface area contributed by atoms with Gasteiger partial charge in [-0.2, -0.15) is 0 Å². The molecule has 1 N–H and O–H groups in total. The number of rotatable bonds is 9. The summed E-state index contributed by atoms with van der Waals surface area (Å²) in [5.74, 6) is 0.592. The molecule has 8 heteroatoms. The van der Waals surface area contributed by atoms with Crippen molar-refractivity contribution in [1.29, 1.82) is 0 Å². The van der Waals surface area contributed by atoms with Gasteiger partial charge in [-0.15, -0.1) is 0 Å². The molecule has 0 spiro atoms. The number of nitrogens with zero attached hydrogens (tertiary/aromatic N) is 4. The predicted octanol–water partition coefficient (Wildman–Crippen LogP) is 2.98. The molecule has 2 heterocycles. The number of hydrogen-bond acceptors (Lipinski definition) is 5. The molecule has 2 aromatic carbocycles. The zero-order valence-electron chi connectivity index (χ0n) is 18.3. The van der Waals surface area contributed by atoms with E-state index in [1.54, 1.807) is 24.7 Å². The third kappa shape index (κ3) is 5.74. The predicted molar refractivity (Wildman–Crippen MR) is 125 cm³/mol. The molecular weight excluding hydrogens is 418 g/mol. The topological polar surface area (TPSA) is 91.0 Å². The van der Waals surface area contributed by atoms with E-state index in [0.717, 1.165) is 16.9 Å². The van der Waals surface area contributed by atoms with Gasteiger partial charge in [-0.1, -0.05) is 12.1 Å². The normalized spacial score (nSPS) is 10.7. The SMILES string of the molecule is CCOc1ccc(-c2cc(=O)n(CCNC(=O)c3ccc(Cn4ccnc4)cc3)cn2)cc1. The summed E-state index contributed by atoms with van der Waals surface area (Å²) in [6.07, 6.45) is 6.88. The Bertz CT molecular complexity index is 1250. The molecule has 0 fully saturated rings. The minimum absolute atomic E-state index is 0.174. The molecule has 1 amide bonds. The summed E-state index contributed by atoms with van der Waals surface area (Å²) >= 11 is 0. The van der Waals surface area contributed by atoms with Gasteiger partial charge in [0.1, 0.15) is 5.75 Å². The minimum atomic E-state index is -0.184. The third-order valence-electron chi connectivity index (χ3n) is 5.12. The number of nitrogens with one attached hydrogen (secondary N) is 1. The van der Waals surface area contributed by atoms with Gasteiger partial charge in [-0.3, -0.25) is 14.2 Å². The second-order valence-electron chi connectivity index (χ2n) is 7.45. The number of benzene rings is 2. The number of imidazole rings is 1. The van der Waals surface area contributed by atoms with Crippen molar-refractivity contribution in [3.63, 3.8) is 0 Å². The highest BCUT2D eigenvalue weighted by molar-refractivity contribution is 5.94. The fourth-order valence-electron chi connectivity index (χ4n) is 3.38. The molecule has 8 nitrogen and oxygen atoms in total. The Kier molecular flexibility index (Phi) is 6.94. The van der Waals surface area contributed by atoms with Gasteiger partial charge in [0, 0.05) is 49.2 Å². The summed E-state index contributed by atoms with van der Waals surface area (Å²) in [4.78, 5) is 33.3. The van der Waals surface area contributed by atoms with Gasteiger partial charge in [0.2, 0.25) is 0 Å². The van der Waals surface area contributed by atoms with Crippen LogP contribution in [0.4, 0.5) is 0 Å². The summed E-state index contributed by atoms with van der Waals surface area (Å²) in [5, 5.41) is 2.85. The van der Waals surface area contributed by atoms with Gasteiger partial charge in [-0.05, 0) is 48.9 Å². The summed E-state index contributed by atoms with van der Waals surface area (Å²) in [5.41, 5.74) is 2.91. The van der Waals surface area contributed by atoms with Crippen LogP contribution < -0.4 is 15.6 Å². The second-order valence-corrected chi connectivity index (χ2v) is 7.45. The molecule has 0 aliphatic heterocycles. The Hall–Kier alpha value is -4.20. The summed E-state index contributed by atoms with van der Waals surface area (Å²) < 4.78 is 8.88. The van der Waals surface area contributed by atoms with Gasteiger partial charge in [0.15, 0.2) is 0 Å². The van der Waals surface area contributed by atoms with Crippen molar-refractivity contribution in [2.75, 3.05) is 13.2 Å². The fraction of sp³-hybridized carbons (Fsp3) is 0.200. The van der Waals surface area contributed by atoms with Gasteiger partial charge < -0.3 is 14.6 Å². The van der Waals surface area contributed by atoms with Crippen molar-refractivity contribution in [2.24, 2.45) is 0 Å². The first-order valence-electron chi connectivity index (χ1n) is 10.7. The van der Waals surface area contributed by atoms with Crippen LogP contribution in [-0.2, 0) is 13.1 Å². The van der Waals surface area contributed by atoms with Crippen LogP contribution in [-0.4, -0.2) is 38.2 Å². The molecular formula is C25H25N5O3. The second kappa shape index (κ2) is 10.4. The molecule has 0 aliphatic rings. The maximum absolute atomic E-state index is 12.5. The van der Waals surface area contributed by atoms with E-state index in [1.165, 1.54) is 17.0 Å². The molecule has 0 saturated carbocycles. The molecule has 0 aliphatic carbocycles. The molecule has 33 heavy (non-hydrogen) atoms. The van der Waals surface area contributed by atoms with Crippen molar-refractivity contribution in [1.82, 2.24) is 24.4 Å². The molecule has 0 bridgehead atoms. The van der Waals surface area contributed by atoms with E-state index in [0.29, 0.717) is 37.5 Å². The first kappa shape index (κ1) is 22.0. The van der Waals surface area contributed by atoms with Crippen LogP contribution >= 0.6 is 0 Å². The highest BCUT2D eigenvalue weighted by Crippen LogP contribution is 2.19. The lowest BCUT2D eigenvalue weighted by molar-refractivity contribution is 0.0952. The van der Waals surface area contributed by atoms with E-state index in [2.05, 4.69) is 15.3 Å². The molecule has 0 unspecified atom stereocenters. The van der Waals surface area contributed by atoms with Gasteiger partial charge >= 0.3 is 0 Å². The van der Waals surface area contributed by atoms with Crippen molar-refractivity contribution < 1.29 is 9.53 Å². The Labute approximate surface area is 191 Å². The van der Waals surface area contributed by atoms with E-state index in [4.69, 9.17) is 4.74 Å². The molecule has 168 valence electrons. The Morgan fingerprint density at radius 1 is 1.06 bits per heavy atom. The van der Waals surface area contributed by atoms with Crippen molar-refractivity contribution in [3.8, 4) is 17.0 Å². The molecule has 0 atom stereocenters. The zero-order valence-corrected chi connectivity index (χ0v) is 18.3. The third-order valence-corrected chi connectivity index (χ3v) is 5.12. The number of ether oxygens (including phenoxy) is 1. The van der Waals surface area contributed by atoms with Gasteiger partial charge in [0.25, 0.3) is 11.5 Å². The molecule has 4 aromatic rings. The monoisotopic (exact) mass is 443 g/mol. The van der Waals surface area contributed by atoms with Crippen LogP contribution in [0.5, 0.6) is 5.75 Å². The Morgan fingerprint density at radius 3 is 2.52 bits per heavy atom.